The summed E-state index contributed by atoms with van der Waals surface area (Å²) in [5.41, 5.74) is 6.94. The first-order valence-electron chi connectivity index (χ1n) is 5.72. The number of anilines is 1. The van der Waals surface area contributed by atoms with Crippen LogP contribution >= 0.6 is 0 Å². The second kappa shape index (κ2) is 4.80. The Labute approximate surface area is 96.4 Å². The topological polar surface area (TPSA) is 51.4 Å². The number of hydrogen-bond acceptors (Lipinski definition) is 4. The molecule has 0 amide bonds. The second-order valence-corrected chi connectivity index (χ2v) is 4.50. The molecule has 1 aliphatic heterocycles. The van der Waals surface area contributed by atoms with E-state index in [-0.39, 0.29) is 0 Å². The van der Waals surface area contributed by atoms with Crippen molar-refractivity contribution in [3.63, 3.8) is 0 Å². The van der Waals surface area contributed by atoms with Crippen molar-refractivity contribution in [2.45, 2.75) is 32.6 Å². The van der Waals surface area contributed by atoms with Crippen molar-refractivity contribution in [2.24, 2.45) is 0 Å². The minimum absolute atomic E-state index is 0.293. The standard InChI is InChI=1S/C12H19N3O/c1-9-6-15(7-10(2)16-9)8-11-4-3-5-14-12(11)13/h3-5,9-10H,6-8H2,1-2H3,(H2,13,14). The molecule has 0 radical (unpaired) electrons. The molecule has 2 rings (SSSR count). The Morgan fingerprint density at radius 3 is 2.75 bits per heavy atom. The number of nitrogens with zero attached hydrogens (tertiary/aromatic N) is 2. The van der Waals surface area contributed by atoms with E-state index < -0.39 is 0 Å². The molecule has 0 spiro atoms. The normalized spacial score (nSPS) is 26.9. The fourth-order valence-corrected chi connectivity index (χ4v) is 2.24. The lowest BCUT2D eigenvalue weighted by atomic mass is 10.2. The molecule has 0 saturated carbocycles. The number of rotatable bonds is 2. The summed E-state index contributed by atoms with van der Waals surface area (Å²) >= 11 is 0. The predicted molar refractivity (Wildman–Crippen MR) is 63.9 cm³/mol. The fourth-order valence-electron chi connectivity index (χ4n) is 2.24. The Kier molecular flexibility index (Phi) is 3.41. The van der Waals surface area contributed by atoms with Crippen molar-refractivity contribution >= 4 is 5.82 Å². The fraction of sp³-hybridized carbons (Fsp3) is 0.583. The lowest BCUT2D eigenvalue weighted by Crippen LogP contribution is -2.44. The maximum Gasteiger partial charge on any atom is 0.127 e. The van der Waals surface area contributed by atoms with Crippen LogP contribution in [-0.4, -0.2) is 35.2 Å². The zero-order valence-corrected chi connectivity index (χ0v) is 9.89. The highest BCUT2D eigenvalue weighted by Crippen LogP contribution is 2.16. The van der Waals surface area contributed by atoms with E-state index in [2.05, 4.69) is 23.7 Å². The monoisotopic (exact) mass is 221 g/mol. The van der Waals surface area contributed by atoms with Gasteiger partial charge in [-0.1, -0.05) is 6.07 Å². The molecule has 0 bridgehead atoms. The first kappa shape index (κ1) is 11.4. The van der Waals surface area contributed by atoms with Crippen molar-refractivity contribution in [1.29, 1.82) is 0 Å². The van der Waals surface area contributed by atoms with Gasteiger partial charge >= 0.3 is 0 Å². The molecule has 1 aliphatic rings. The first-order chi connectivity index (χ1) is 7.65. The third-order valence-electron chi connectivity index (χ3n) is 2.82. The third kappa shape index (κ3) is 2.71. The van der Waals surface area contributed by atoms with Crippen LogP contribution in [-0.2, 0) is 11.3 Å². The van der Waals surface area contributed by atoms with E-state index in [0.717, 1.165) is 25.2 Å². The van der Waals surface area contributed by atoms with Crippen molar-refractivity contribution in [2.75, 3.05) is 18.8 Å². The number of aromatic nitrogens is 1. The zero-order valence-electron chi connectivity index (χ0n) is 9.89. The van der Waals surface area contributed by atoms with E-state index in [1.54, 1.807) is 6.20 Å². The number of nitrogen functional groups attached to an aromatic ring is 1. The smallest absolute Gasteiger partial charge is 0.127 e. The van der Waals surface area contributed by atoms with Crippen LogP contribution in [0.25, 0.3) is 0 Å². The summed E-state index contributed by atoms with van der Waals surface area (Å²) in [6.07, 6.45) is 2.31. The molecule has 16 heavy (non-hydrogen) atoms. The van der Waals surface area contributed by atoms with Crippen LogP contribution in [0, 0.1) is 0 Å². The van der Waals surface area contributed by atoms with Gasteiger partial charge in [-0.05, 0) is 19.9 Å². The van der Waals surface area contributed by atoms with Gasteiger partial charge in [0, 0.05) is 31.4 Å². The van der Waals surface area contributed by atoms with Gasteiger partial charge < -0.3 is 10.5 Å². The van der Waals surface area contributed by atoms with Gasteiger partial charge in [0.2, 0.25) is 0 Å². The number of nitrogens with two attached hydrogens (primary N) is 1. The van der Waals surface area contributed by atoms with E-state index >= 15 is 0 Å². The number of pyridine rings is 1. The minimum atomic E-state index is 0.293. The highest BCUT2D eigenvalue weighted by atomic mass is 16.5. The van der Waals surface area contributed by atoms with Gasteiger partial charge in [0.05, 0.1) is 12.2 Å². The Morgan fingerprint density at radius 2 is 2.12 bits per heavy atom. The molecule has 2 unspecified atom stereocenters. The van der Waals surface area contributed by atoms with Crippen molar-refractivity contribution in [1.82, 2.24) is 9.88 Å². The maximum atomic E-state index is 5.84. The van der Waals surface area contributed by atoms with E-state index in [0.29, 0.717) is 18.0 Å². The average Bonchev–Trinajstić information content (AvgIpc) is 2.20. The van der Waals surface area contributed by atoms with Crippen LogP contribution in [0.4, 0.5) is 5.82 Å². The Bertz CT molecular complexity index is 346. The van der Waals surface area contributed by atoms with Crippen LogP contribution in [0.2, 0.25) is 0 Å². The molecule has 1 aromatic rings. The van der Waals surface area contributed by atoms with Gasteiger partial charge in [0.25, 0.3) is 0 Å². The molecule has 0 aliphatic carbocycles. The first-order valence-corrected chi connectivity index (χ1v) is 5.72. The molecule has 1 aromatic heterocycles. The minimum Gasteiger partial charge on any atom is -0.383 e. The molecule has 1 saturated heterocycles. The maximum absolute atomic E-state index is 5.84. The molecule has 0 aromatic carbocycles. The van der Waals surface area contributed by atoms with Gasteiger partial charge in [-0.25, -0.2) is 4.98 Å². The summed E-state index contributed by atoms with van der Waals surface area (Å²) in [7, 11) is 0. The number of hydrogen-bond donors (Lipinski definition) is 1. The highest BCUT2D eigenvalue weighted by Gasteiger charge is 2.22. The Balaban J connectivity index is 2.02. The molecule has 88 valence electrons. The van der Waals surface area contributed by atoms with E-state index in [4.69, 9.17) is 10.5 Å². The summed E-state index contributed by atoms with van der Waals surface area (Å²) in [5.74, 6) is 0.634. The lowest BCUT2D eigenvalue weighted by Gasteiger charge is -2.35. The van der Waals surface area contributed by atoms with E-state index in [1.165, 1.54) is 0 Å². The molecule has 2 heterocycles. The summed E-state index contributed by atoms with van der Waals surface area (Å²) in [5, 5.41) is 0. The van der Waals surface area contributed by atoms with Gasteiger partial charge in [-0.15, -0.1) is 0 Å². The lowest BCUT2D eigenvalue weighted by molar-refractivity contribution is -0.0704. The molecule has 4 nitrogen and oxygen atoms in total. The molecule has 1 fully saturated rings. The number of morpholine rings is 1. The van der Waals surface area contributed by atoms with Crippen molar-refractivity contribution < 1.29 is 4.74 Å². The van der Waals surface area contributed by atoms with Gasteiger partial charge in [-0.2, -0.15) is 0 Å². The van der Waals surface area contributed by atoms with Gasteiger partial charge in [0.15, 0.2) is 0 Å². The van der Waals surface area contributed by atoms with Crippen LogP contribution in [0.3, 0.4) is 0 Å². The summed E-state index contributed by atoms with van der Waals surface area (Å²) in [4.78, 5) is 6.47. The third-order valence-corrected chi connectivity index (χ3v) is 2.82. The summed E-state index contributed by atoms with van der Waals surface area (Å²) in [6, 6.07) is 3.96. The van der Waals surface area contributed by atoms with Gasteiger partial charge in [0.1, 0.15) is 5.82 Å². The zero-order chi connectivity index (χ0) is 11.5. The molecular formula is C12H19N3O. The molecular weight excluding hydrogens is 202 g/mol. The second-order valence-electron chi connectivity index (χ2n) is 4.50. The summed E-state index contributed by atoms with van der Waals surface area (Å²) in [6.45, 7) is 6.99. The van der Waals surface area contributed by atoms with Crippen LogP contribution < -0.4 is 5.73 Å². The highest BCUT2D eigenvalue weighted by molar-refractivity contribution is 5.38. The van der Waals surface area contributed by atoms with Gasteiger partial charge in [-0.3, -0.25) is 4.90 Å². The van der Waals surface area contributed by atoms with E-state index in [9.17, 15) is 0 Å². The number of ether oxygens (including phenoxy) is 1. The molecule has 2 N–H and O–H groups in total. The summed E-state index contributed by atoms with van der Waals surface area (Å²) < 4.78 is 5.70. The SMILES string of the molecule is CC1CN(Cc2cccnc2N)CC(C)O1. The van der Waals surface area contributed by atoms with E-state index in [1.807, 2.05) is 12.1 Å². The quantitative estimate of drug-likeness (QED) is 0.817. The predicted octanol–water partition coefficient (Wildman–Crippen LogP) is 1.27. The Hall–Kier alpha value is -1.13. The average molecular weight is 221 g/mol. The van der Waals surface area contributed by atoms with Crippen molar-refractivity contribution in [3.8, 4) is 0 Å². The van der Waals surface area contributed by atoms with Crippen LogP contribution in [0.15, 0.2) is 18.3 Å². The molecule has 2 atom stereocenters. The largest absolute Gasteiger partial charge is 0.383 e. The van der Waals surface area contributed by atoms with Crippen LogP contribution in [0.1, 0.15) is 19.4 Å². The van der Waals surface area contributed by atoms with Crippen molar-refractivity contribution in [3.05, 3.63) is 23.9 Å². The molecule has 4 heteroatoms. The van der Waals surface area contributed by atoms with Crippen LogP contribution in [0.5, 0.6) is 0 Å². The Morgan fingerprint density at radius 1 is 1.44 bits per heavy atom.